The Kier molecular flexibility index (Phi) is 2.26. The maximum atomic E-state index is 13.0. The minimum Gasteiger partial charge on any atom is -0.296 e. The molecule has 0 amide bonds. The Morgan fingerprint density at radius 2 is 2.08 bits per heavy atom. The topological polar surface area (TPSA) is 45.8 Å². The van der Waals surface area contributed by atoms with Crippen LogP contribution in [0.2, 0.25) is 0 Å². The van der Waals surface area contributed by atoms with Gasteiger partial charge in [0.2, 0.25) is 5.95 Å². The van der Waals surface area contributed by atoms with E-state index in [1.807, 2.05) is 13.8 Å². The van der Waals surface area contributed by atoms with Crippen molar-refractivity contribution in [3.63, 3.8) is 0 Å². The molecule has 0 saturated heterocycles. The van der Waals surface area contributed by atoms with Crippen molar-refractivity contribution in [2.75, 3.05) is 0 Å². The van der Waals surface area contributed by atoms with E-state index in [4.69, 9.17) is 0 Å². The average molecular weight is 170 g/mol. The highest BCUT2D eigenvalue weighted by Gasteiger charge is 2.10. The molecule has 0 aliphatic heterocycles. The molecule has 1 N–H and O–H groups in total. The van der Waals surface area contributed by atoms with Gasteiger partial charge in [0.05, 0.1) is 5.69 Å². The van der Waals surface area contributed by atoms with Crippen molar-refractivity contribution in [1.82, 2.24) is 9.97 Å². The molecular weight excluding hydrogens is 159 g/mol. The van der Waals surface area contributed by atoms with E-state index >= 15 is 0 Å². The SMILES string of the molecule is Cc1nc(C(C)C)c(F)[nH]c1=O. The molecular formula is C8H11FN2O. The number of H-pyrrole nitrogens is 1. The van der Waals surface area contributed by atoms with Gasteiger partial charge in [0, 0.05) is 5.92 Å². The van der Waals surface area contributed by atoms with Crippen LogP contribution in [-0.2, 0) is 0 Å². The van der Waals surface area contributed by atoms with E-state index in [-0.39, 0.29) is 5.92 Å². The number of nitrogens with one attached hydrogen (secondary N) is 1. The van der Waals surface area contributed by atoms with Crippen molar-refractivity contribution in [3.05, 3.63) is 27.7 Å². The minimum absolute atomic E-state index is 0.0134. The van der Waals surface area contributed by atoms with E-state index in [1.54, 1.807) is 6.92 Å². The van der Waals surface area contributed by atoms with Crippen molar-refractivity contribution in [1.29, 1.82) is 0 Å². The third-order valence-electron chi connectivity index (χ3n) is 1.61. The molecule has 0 saturated carbocycles. The second-order valence-electron chi connectivity index (χ2n) is 3.01. The number of halogens is 1. The summed E-state index contributed by atoms with van der Waals surface area (Å²) in [5, 5.41) is 0. The molecule has 12 heavy (non-hydrogen) atoms. The summed E-state index contributed by atoms with van der Waals surface area (Å²) in [4.78, 5) is 16.8. The Labute approximate surface area is 69.7 Å². The number of hydrogen-bond donors (Lipinski definition) is 1. The predicted octanol–water partition coefficient (Wildman–Crippen LogP) is 1.34. The summed E-state index contributed by atoms with van der Waals surface area (Å²) in [6.07, 6.45) is 0. The van der Waals surface area contributed by atoms with Crippen LogP contribution in [-0.4, -0.2) is 9.97 Å². The van der Waals surface area contributed by atoms with Gasteiger partial charge in [-0.1, -0.05) is 13.8 Å². The van der Waals surface area contributed by atoms with Crippen LogP contribution < -0.4 is 5.56 Å². The lowest BCUT2D eigenvalue weighted by molar-refractivity contribution is 0.536. The molecule has 3 nitrogen and oxygen atoms in total. The predicted molar refractivity (Wildman–Crippen MR) is 43.6 cm³/mol. The summed E-state index contributed by atoms with van der Waals surface area (Å²) in [6, 6.07) is 0. The molecule has 1 aromatic rings. The highest BCUT2D eigenvalue weighted by molar-refractivity contribution is 5.07. The van der Waals surface area contributed by atoms with Crippen LogP contribution in [0.15, 0.2) is 4.79 Å². The van der Waals surface area contributed by atoms with Gasteiger partial charge < -0.3 is 0 Å². The smallest absolute Gasteiger partial charge is 0.271 e. The second-order valence-corrected chi connectivity index (χ2v) is 3.01. The quantitative estimate of drug-likeness (QED) is 0.691. The van der Waals surface area contributed by atoms with E-state index < -0.39 is 11.5 Å². The van der Waals surface area contributed by atoms with E-state index in [0.29, 0.717) is 11.4 Å². The van der Waals surface area contributed by atoms with Gasteiger partial charge in [-0.2, -0.15) is 4.39 Å². The van der Waals surface area contributed by atoms with Crippen molar-refractivity contribution in [2.45, 2.75) is 26.7 Å². The lowest BCUT2D eigenvalue weighted by Crippen LogP contribution is -2.17. The zero-order chi connectivity index (χ0) is 9.30. The van der Waals surface area contributed by atoms with E-state index in [0.717, 1.165) is 0 Å². The zero-order valence-electron chi connectivity index (χ0n) is 7.31. The van der Waals surface area contributed by atoms with Gasteiger partial charge >= 0.3 is 0 Å². The van der Waals surface area contributed by atoms with Crippen LogP contribution in [0.5, 0.6) is 0 Å². The van der Waals surface area contributed by atoms with Crippen LogP contribution in [0.3, 0.4) is 0 Å². The molecule has 1 heterocycles. The summed E-state index contributed by atoms with van der Waals surface area (Å²) < 4.78 is 13.0. The van der Waals surface area contributed by atoms with E-state index in [1.165, 1.54) is 0 Å². The number of aryl methyl sites for hydroxylation is 1. The van der Waals surface area contributed by atoms with E-state index in [9.17, 15) is 9.18 Å². The maximum absolute atomic E-state index is 13.0. The molecule has 0 spiro atoms. The molecule has 0 fully saturated rings. The summed E-state index contributed by atoms with van der Waals surface area (Å²) >= 11 is 0. The molecule has 0 unspecified atom stereocenters. The Bertz CT molecular complexity index is 343. The fraction of sp³-hybridized carbons (Fsp3) is 0.500. The highest BCUT2D eigenvalue weighted by atomic mass is 19.1. The molecule has 4 heteroatoms. The summed E-state index contributed by atoms with van der Waals surface area (Å²) in [5.41, 5.74) is 0.157. The number of rotatable bonds is 1. The van der Waals surface area contributed by atoms with Crippen molar-refractivity contribution in [3.8, 4) is 0 Å². The van der Waals surface area contributed by atoms with Gasteiger partial charge in [-0.15, -0.1) is 0 Å². The van der Waals surface area contributed by atoms with Crippen molar-refractivity contribution in [2.24, 2.45) is 0 Å². The first-order valence-electron chi connectivity index (χ1n) is 3.78. The largest absolute Gasteiger partial charge is 0.296 e. The molecule has 0 radical (unpaired) electrons. The number of aromatic nitrogens is 2. The molecule has 0 aromatic carbocycles. The standard InChI is InChI=1S/C8H11FN2O/c1-4(2)6-7(9)11-8(12)5(3)10-6/h4H,1-3H3,(H,11,12). The van der Waals surface area contributed by atoms with Crippen LogP contribution in [0.25, 0.3) is 0 Å². The highest BCUT2D eigenvalue weighted by Crippen LogP contribution is 2.12. The third kappa shape index (κ3) is 1.52. The minimum atomic E-state index is -0.624. The van der Waals surface area contributed by atoms with Gasteiger partial charge in [-0.25, -0.2) is 4.98 Å². The summed E-state index contributed by atoms with van der Waals surface area (Å²) in [5.74, 6) is -0.638. The molecule has 66 valence electrons. The molecule has 0 aliphatic carbocycles. The Hall–Kier alpha value is -1.19. The van der Waals surface area contributed by atoms with Gasteiger partial charge in [0.1, 0.15) is 5.69 Å². The van der Waals surface area contributed by atoms with Crippen LogP contribution in [0, 0.1) is 12.9 Å². The molecule has 1 rings (SSSR count). The first-order valence-corrected chi connectivity index (χ1v) is 3.78. The van der Waals surface area contributed by atoms with Crippen LogP contribution in [0.4, 0.5) is 4.39 Å². The fourth-order valence-electron chi connectivity index (χ4n) is 0.917. The summed E-state index contributed by atoms with van der Waals surface area (Å²) in [6.45, 7) is 5.20. The zero-order valence-corrected chi connectivity index (χ0v) is 7.31. The molecule has 0 bridgehead atoms. The second kappa shape index (κ2) is 3.05. The van der Waals surface area contributed by atoms with Gasteiger partial charge in [-0.05, 0) is 6.92 Å². The lowest BCUT2D eigenvalue weighted by Gasteiger charge is -2.05. The number of hydrogen-bond acceptors (Lipinski definition) is 2. The molecule has 1 aromatic heterocycles. The maximum Gasteiger partial charge on any atom is 0.271 e. The Morgan fingerprint density at radius 1 is 1.50 bits per heavy atom. The monoisotopic (exact) mass is 170 g/mol. The Balaban J connectivity index is 3.33. The number of aromatic amines is 1. The molecule has 0 atom stereocenters. The summed E-state index contributed by atoms with van der Waals surface area (Å²) in [7, 11) is 0. The third-order valence-corrected chi connectivity index (χ3v) is 1.61. The van der Waals surface area contributed by atoms with Crippen LogP contribution in [0.1, 0.15) is 31.2 Å². The van der Waals surface area contributed by atoms with Gasteiger partial charge in [-0.3, -0.25) is 9.78 Å². The van der Waals surface area contributed by atoms with Gasteiger partial charge in [0.15, 0.2) is 0 Å². The first kappa shape index (κ1) is 8.90. The van der Waals surface area contributed by atoms with E-state index in [2.05, 4.69) is 9.97 Å². The molecule has 0 aliphatic rings. The normalized spacial score (nSPS) is 10.8. The van der Waals surface area contributed by atoms with Crippen LogP contribution >= 0.6 is 0 Å². The first-order chi connectivity index (χ1) is 5.52. The van der Waals surface area contributed by atoms with Crippen molar-refractivity contribution >= 4 is 0 Å². The lowest BCUT2D eigenvalue weighted by atomic mass is 10.1. The van der Waals surface area contributed by atoms with Crippen molar-refractivity contribution < 1.29 is 4.39 Å². The number of nitrogens with zero attached hydrogens (tertiary/aromatic N) is 1. The Morgan fingerprint density at radius 3 is 2.58 bits per heavy atom. The fourth-order valence-corrected chi connectivity index (χ4v) is 0.917. The van der Waals surface area contributed by atoms with Gasteiger partial charge in [0.25, 0.3) is 5.56 Å². The average Bonchev–Trinajstić information content (AvgIpc) is 1.96.